The first-order valence-electron chi connectivity index (χ1n) is 6.72. The predicted octanol–water partition coefficient (Wildman–Crippen LogP) is 2.25. The van der Waals surface area contributed by atoms with Crippen LogP contribution in [-0.4, -0.2) is 51.7 Å². The van der Waals surface area contributed by atoms with Crippen LogP contribution in [0.5, 0.6) is 0 Å². The van der Waals surface area contributed by atoms with E-state index in [1.807, 2.05) is 6.92 Å². The normalized spacial score (nSPS) is 10.8. The lowest BCUT2D eigenvalue weighted by Crippen LogP contribution is -2.25. The zero-order valence-corrected chi connectivity index (χ0v) is 12.9. The van der Waals surface area contributed by atoms with E-state index in [0.29, 0.717) is 11.6 Å². The van der Waals surface area contributed by atoms with Crippen molar-refractivity contribution >= 4 is 23.3 Å². The van der Waals surface area contributed by atoms with Crippen LogP contribution in [0.25, 0.3) is 0 Å². The molecule has 0 saturated carbocycles. The lowest BCUT2D eigenvalue weighted by atomic mass is 10.5. The van der Waals surface area contributed by atoms with Gasteiger partial charge < -0.3 is 10.2 Å². The molecule has 0 aliphatic carbocycles. The van der Waals surface area contributed by atoms with E-state index in [4.69, 9.17) is 0 Å². The number of rotatable bonds is 9. The van der Waals surface area contributed by atoms with Crippen LogP contribution in [0.15, 0.2) is 11.4 Å². The number of hydrogen-bond donors (Lipinski definition) is 1. The SMILES string of the molecule is CCNc1ncnc(SCCN(CC)CC)c1[N+](=O)[O-]. The highest BCUT2D eigenvalue weighted by Crippen LogP contribution is 2.31. The first-order valence-corrected chi connectivity index (χ1v) is 7.70. The Morgan fingerprint density at radius 2 is 2.05 bits per heavy atom. The van der Waals surface area contributed by atoms with Crippen LogP contribution in [-0.2, 0) is 0 Å². The first kappa shape index (κ1) is 16.6. The summed E-state index contributed by atoms with van der Waals surface area (Å²) in [4.78, 5) is 21.0. The molecule has 0 spiro atoms. The van der Waals surface area contributed by atoms with Gasteiger partial charge in [0.2, 0.25) is 5.82 Å². The molecule has 20 heavy (non-hydrogen) atoms. The molecule has 0 bridgehead atoms. The van der Waals surface area contributed by atoms with Gasteiger partial charge in [0.15, 0.2) is 5.03 Å². The van der Waals surface area contributed by atoms with Gasteiger partial charge in [0, 0.05) is 18.8 Å². The molecule has 7 nitrogen and oxygen atoms in total. The number of hydrogen-bond acceptors (Lipinski definition) is 7. The topological polar surface area (TPSA) is 84.2 Å². The van der Waals surface area contributed by atoms with Crippen LogP contribution >= 0.6 is 11.8 Å². The van der Waals surface area contributed by atoms with Crippen LogP contribution < -0.4 is 5.32 Å². The third-order valence-electron chi connectivity index (χ3n) is 2.86. The van der Waals surface area contributed by atoms with Crippen molar-refractivity contribution in [3.8, 4) is 0 Å². The molecule has 8 heteroatoms. The third-order valence-corrected chi connectivity index (χ3v) is 3.82. The molecule has 0 amide bonds. The van der Waals surface area contributed by atoms with E-state index >= 15 is 0 Å². The van der Waals surface area contributed by atoms with E-state index in [9.17, 15) is 10.1 Å². The summed E-state index contributed by atoms with van der Waals surface area (Å²) >= 11 is 1.40. The monoisotopic (exact) mass is 299 g/mol. The van der Waals surface area contributed by atoms with Crippen molar-refractivity contribution in [2.24, 2.45) is 0 Å². The van der Waals surface area contributed by atoms with Crippen molar-refractivity contribution in [2.45, 2.75) is 25.8 Å². The van der Waals surface area contributed by atoms with Gasteiger partial charge in [0.25, 0.3) is 0 Å². The van der Waals surface area contributed by atoms with Crippen LogP contribution in [0, 0.1) is 10.1 Å². The summed E-state index contributed by atoms with van der Waals surface area (Å²) in [6.07, 6.45) is 1.37. The van der Waals surface area contributed by atoms with E-state index in [2.05, 4.69) is 34.0 Å². The van der Waals surface area contributed by atoms with E-state index in [1.165, 1.54) is 18.1 Å². The van der Waals surface area contributed by atoms with Gasteiger partial charge in [-0.05, 0) is 20.0 Å². The van der Waals surface area contributed by atoms with Crippen molar-refractivity contribution in [1.82, 2.24) is 14.9 Å². The predicted molar refractivity (Wildman–Crippen MR) is 81.4 cm³/mol. The van der Waals surface area contributed by atoms with E-state index in [0.717, 1.165) is 25.4 Å². The summed E-state index contributed by atoms with van der Waals surface area (Å²) in [7, 11) is 0. The summed E-state index contributed by atoms with van der Waals surface area (Å²) in [5, 5.41) is 14.5. The molecule has 0 aliphatic rings. The van der Waals surface area contributed by atoms with Crippen LogP contribution in [0.2, 0.25) is 0 Å². The quantitative estimate of drug-likeness (QED) is 0.324. The summed E-state index contributed by atoms with van der Waals surface area (Å²) in [6.45, 7) is 9.50. The Hall–Kier alpha value is -1.41. The van der Waals surface area contributed by atoms with Gasteiger partial charge in [-0.1, -0.05) is 25.6 Å². The fourth-order valence-electron chi connectivity index (χ4n) is 1.74. The third kappa shape index (κ3) is 4.61. The van der Waals surface area contributed by atoms with Crippen LogP contribution in [0.1, 0.15) is 20.8 Å². The molecule has 0 saturated heterocycles. The molecule has 1 heterocycles. The molecule has 0 unspecified atom stereocenters. The van der Waals surface area contributed by atoms with Gasteiger partial charge in [0.1, 0.15) is 6.33 Å². The van der Waals surface area contributed by atoms with Crippen LogP contribution in [0.4, 0.5) is 11.5 Å². The highest BCUT2D eigenvalue weighted by molar-refractivity contribution is 7.99. The Morgan fingerprint density at radius 3 is 2.60 bits per heavy atom. The summed E-state index contributed by atoms with van der Waals surface area (Å²) in [6, 6.07) is 0. The maximum Gasteiger partial charge on any atom is 0.343 e. The largest absolute Gasteiger partial charge is 0.364 e. The summed E-state index contributed by atoms with van der Waals surface area (Å²) in [5.41, 5.74) is -0.0288. The minimum absolute atomic E-state index is 0.0288. The molecule has 0 aliphatic heterocycles. The molecule has 1 N–H and O–H groups in total. The molecule has 1 rings (SSSR count). The number of aromatic nitrogens is 2. The number of nitrogens with one attached hydrogen (secondary N) is 1. The molecule has 112 valence electrons. The molecular formula is C12H21N5O2S. The standard InChI is InChI=1S/C12H21N5O2S/c1-4-13-11-10(17(18)19)12(15-9-14-11)20-8-7-16(5-2)6-3/h9H,4-8H2,1-3H3,(H,13,14,15). The Kier molecular flexibility index (Phi) is 7.24. The maximum absolute atomic E-state index is 11.2. The molecular weight excluding hydrogens is 278 g/mol. The van der Waals surface area contributed by atoms with Crippen molar-refractivity contribution in [1.29, 1.82) is 0 Å². The molecule has 0 atom stereocenters. The second kappa shape index (κ2) is 8.70. The average molecular weight is 299 g/mol. The fraction of sp³-hybridized carbons (Fsp3) is 0.667. The number of thioether (sulfide) groups is 1. The average Bonchev–Trinajstić information content (AvgIpc) is 2.44. The van der Waals surface area contributed by atoms with Crippen LogP contribution in [0.3, 0.4) is 0 Å². The number of nitro groups is 1. The van der Waals surface area contributed by atoms with E-state index < -0.39 is 4.92 Å². The summed E-state index contributed by atoms with van der Waals surface area (Å²) in [5.74, 6) is 1.06. The van der Waals surface area contributed by atoms with Crippen molar-refractivity contribution in [3.05, 3.63) is 16.4 Å². The van der Waals surface area contributed by atoms with E-state index in [1.54, 1.807) is 0 Å². The Balaban J connectivity index is 2.78. The van der Waals surface area contributed by atoms with Gasteiger partial charge in [-0.3, -0.25) is 10.1 Å². The molecule has 1 aromatic heterocycles. The van der Waals surface area contributed by atoms with E-state index in [-0.39, 0.29) is 11.5 Å². The molecule has 1 aromatic rings. The minimum Gasteiger partial charge on any atom is -0.364 e. The second-order valence-electron chi connectivity index (χ2n) is 4.04. The molecule has 0 radical (unpaired) electrons. The molecule has 0 aromatic carbocycles. The molecule has 0 fully saturated rings. The zero-order chi connectivity index (χ0) is 15.0. The lowest BCUT2D eigenvalue weighted by molar-refractivity contribution is -0.387. The minimum atomic E-state index is -0.419. The first-order chi connectivity index (χ1) is 9.63. The van der Waals surface area contributed by atoms with Crippen molar-refractivity contribution < 1.29 is 4.92 Å². The highest BCUT2D eigenvalue weighted by atomic mass is 32.2. The van der Waals surface area contributed by atoms with Crippen molar-refractivity contribution in [3.63, 3.8) is 0 Å². The van der Waals surface area contributed by atoms with Gasteiger partial charge in [-0.15, -0.1) is 0 Å². The number of nitrogens with zero attached hydrogens (tertiary/aromatic N) is 4. The smallest absolute Gasteiger partial charge is 0.343 e. The number of anilines is 1. The summed E-state index contributed by atoms with van der Waals surface area (Å²) < 4.78 is 0. The van der Waals surface area contributed by atoms with Gasteiger partial charge in [0.05, 0.1) is 4.92 Å². The van der Waals surface area contributed by atoms with Gasteiger partial charge in [-0.2, -0.15) is 0 Å². The maximum atomic E-state index is 11.2. The Bertz CT molecular complexity index is 440. The highest BCUT2D eigenvalue weighted by Gasteiger charge is 2.22. The van der Waals surface area contributed by atoms with Gasteiger partial charge >= 0.3 is 5.69 Å². The van der Waals surface area contributed by atoms with Gasteiger partial charge in [-0.25, -0.2) is 9.97 Å². The second-order valence-corrected chi connectivity index (χ2v) is 5.12. The zero-order valence-electron chi connectivity index (χ0n) is 12.1. The Labute approximate surface area is 123 Å². The van der Waals surface area contributed by atoms with Crippen molar-refractivity contribution in [2.75, 3.05) is 37.2 Å². The lowest BCUT2D eigenvalue weighted by Gasteiger charge is -2.17. The fourth-order valence-corrected chi connectivity index (χ4v) is 2.71. The Morgan fingerprint density at radius 1 is 1.35 bits per heavy atom.